The standard InChI is InChI=1S/C64H40N4S/c1-4-17-39(18-5-1)61-65-62(40-19-6-2-7-20-40)67-63(66-61)48-26-16-30-57-58(48)50-38-42(32-36-56(50)69-57)41-31-35-55-49(37-41)46-33-34-54-59(60(46)68(55)43-21-8-3-9-22-43)47-25-12-15-29-53(47)64(54)51-27-13-10-23-44(51)45-24-11-14-28-52(45)64/h1-38,63H,(H,65,66,67). The van der Waals surface area contributed by atoms with Crippen LogP contribution in [-0.4, -0.2) is 16.2 Å². The smallest absolute Gasteiger partial charge is 0.170 e. The number of aromatic nitrogens is 1. The Kier molecular flexibility index (Phi) is 8.18. The monoisotopic (exact) mass is 896 g/mol. The van der Waals surface area contributed by atoms with E-state index in [4.69, 9.17) is 9.98 Å². The molecule has 0 amide bonds. The fraction of sp³-hybridized carbons (Fsp3) is 0.0312. The summed E-state index contributed by atoms with van der Waals surface area (Å²) < 4.78 is 4.99. The molecule has 2 aromatic heterocycles. The first-order valence-corrected chi connectivity index (χ1v) is 24.5. The Balaban J connectivity index is 0.938. The van der Waals surface area contributed by atoms with Crippen molar-refractivity contribution in [2.24, 2.45) is 9.98 Å². The van der Waals surface area contributed by atoms with Crippen molar-refractivity contribution in [2.45, 2.75) is 11.6 Å². The minimum Gasteiger partial charge on any atom is -0.324 e. The van der Waals surface area contributed by atoms with Crippen molar-refractivity contribution >= 4 is 65.0 Å². The van der Waals surface area contributed by atoms with Crippen molar-refractivity contribution < 1.29 is 0 Å². The Morgan fingerprint density at radius 2 is 0.986 bits per heavy atom. The summed E-state index contributed by atoms with van der Waals surface area (Å²) >= 11 is 1.83. The van der Waals surface area contributed by atoms with Crippen LogP contribution in [-0.2, 0) is 5.41 Å². The van der Waals surface area contributed by atoms with Gasteiger partial charge in [0.15, 0.2) is 6.17 Å². The molecule has 3 aliphatic rings. The quantitative estimate of drug-likeness (QED) is 0.184. The van der Waals surface area contributed by atoms with Crippen molar-refractivity contribution in [1.29, 1.82) is 0 Å². The molecule has 322 valence electrons. The molecule has 1 N–H and O–H groups in total. The van der Waals surface area contributed by atoms with Gasteiger partial charge in [0, 0.05) is 58.9 Å². The lowest BCUT2D eigenvalue weighted by atomic mass is 9.70. The van der Waals surface area contributed by atoms with E-state index in [-0.39, 0.29) is 0 Å². The van der Waals surface area contributed by atoms with Gasteiger partial charge in [0.05, 0.1) is 16.4 Å². The zero-order valence-electron chi connectivity index (χ0n) is 37.3. The van der Waals surface area contributed by atoms with Gasteiger partial charge in [-0.25, -0.2) is 9.98 Å². The molecule has 0 saturated carbocycles. The first kappa shape index (κ1) is 38.5. The van der Waals surface area contributed by atoms with Crippen molar-refractivity contribution in [3.05, 3.63) is 269 Å². The first-order valence-electron chi connectivity index (χ1n) is 23.7. The van der Waals surface area contributed by atoms with Gasteiger partial charge in [-0.3, -0.25) is 0 Å². The van der Waals surface area contributed by atoms with Crippen molar-refractivity contribution in [1.82, 2.24) is 9.88 Å². The van der Waals surface area contributed by atoms with Gasteiger partial charge in [-0.2, -0.15) is 0 Å². The van der Waals surface area contributed by atoms with Gasteiger partial charge >= 0.3 is 0 Å². The van der Waals surface area contributed by atoms with E-state index in [1.807, 2.05) is 23.5 Å². The molecule has 3 heterocycles. The predicted octanol–water partition coefficient (Wildman–Crippen LogP) is 15.7. The summed E-state index contributed by atoms with van der Waals surface area (Å²) in [4.78, 5) is 10.6. The molecule has 2 aliphatic carbocycles. The van der Waals surface area contributed by atoms with Crippen LogP contribution in [0.3, 0.4) is 0 Å². The van der Waals surface area contributed by atoms with Crippen LogP contribution in [0.4, 0.5) is 0 Å². The number of thiophene rings is 1. The van der Waals surface area contributed by atoms with E-state index in [0.717, 1.165) is 34.0 Å². The number of amidine groups is 2. The van der Waals surface area contributed by atoms with Crippen LogP contribution in [0.25, 0.3) is 81.0 Å². The van der Waals surface area contributed by atoms with Gasteiger partial charge in [0.1, 0.15) is 11.7 Å². The summed E-state index contributed by atoms with van der Waals surface area (Å²) in [6.45, 7) is 0. The summed E-state index contributed by atoms with van der Waals surface area (Å²) in [5, 5.41) is 8.48. The number of hydrogen-bond acceptors (Lipinski definition) is 4. The molecule has 1 spiro atoms. The zero-order chi connectivity index (χ0) is 45.2. The molecular formula is C64H40N4S. The molecule has 0 atom stereocenters. The van der Waals surface area contributed by atoms with Gasteiger partial charge in [0.2, 0.25) is 0 Å². The largest absolute Gasteiger partial charge is 0.324 e. The number of nitrogens with zero attached hydrogens (tertiary/aromatic N) is 3. The summed E-state index contributed by atoms with van der Waals surface area (Å²) in [5.74, 6) is 1.63. The molecule has 10 aromatic carbocycles. The molecule has 69 heavy (non-hydrogen) atoms. The van der Waals surface area contributed by atoms with Crippen LogP contribution in [0.5, 0.6) is 0 Å². The molecule has 0 saturated heterocycles. The third-order valence-corrected chi connectivity index (χ3v) is 16.0. The van der Waals surface area contributed by atoms with E-state index in [1.165, 1.54) is 97.6 Å². The Labute approximate surface area is 402 Å². The van der Waals surface area contributed by atoms with E-state index in [2.05, 4.69) is 228 Å². The number of rotatable bonds is 5. The highest BCUT2D eigenvalue weighted by Crippen LogP contribution is 2.64. The molecule has 5 heteroatoms. The van der Waals surface area contributed by atoms with Crippen molar-refractivity contribution in [3.8, 4) is 39.1 Å². The number of fused-ring (bicyclic) bond motifs is 17. The maximum Gasteiger partial charge on any atom is 0.170 e. The molecule has 0 unspecified atom stereocenters. The van der Waals surface area contributed by atoms with E-state index in [0.29, 0.717) is 0 Å². The number of aliphatic imine (C=N–C) groups is 2. The third kappa shape index (κ3) is 5.45. The fourth-order valence-corrected chi connectivity index (χ4v) is 13.2. The number of para-hydroxylation sites is 1. The number of benzene rings is 10. The van der Waals surface area contributed by atoms with Gasteiger partial charge in [0.25, 0.3) is 0 Å². The predicted molar refractivity (Wildman–Crippen MR) is 287 cm³/mol. The van der Waals surface area contributed by atoms with Crippen LogP contribution in [0.2, 0.25) is 0 Å². The van der Waals surface area contributed by atoms with Gasteiger partial charge in [-0.15, -0.1) is 11.3 Å². The van der Waals surface area contributed by atoms with Crippen molar-refractivity contribution in [3.63, 3.8) is 0 Å². The Hall–Kier alpha value is -8.64. The Morgan fingerprint density at radius 3 is 1.65 bits per heavy atom. The average molecular weight is 897 g/mol. The summed E-state index contributed by atoms with van der Waals surface area (Å²) in [5.41, 5.74) is 19.3. The van der Waals surface area contributed by atoms with Crippen LogP contribution < -0.4 is 5.32 Å². The summed E-state index contributed by atoms with van der Waals surface area (Å²) in [7, 11) is 0. The van der Waals surface area contributed by atoms with Gasteiger partial charge < -0.3 is 9.88 Å². The van der Waals surface area contributed by atoms with E-state index < -0.39 is 11.6 Å². The summed E-state index contributed by atoms with van der Waals surface area (Å²) in [6.07, 6.45) is -0.431. The molecule has 15 rings (SSSR count). The Bertz CT molecular complexity index is 4060. The lowest BCUT2D eigenvalue weighted by Gasteiger charge is -2.30. The molecule has 1 aliphatic heterocycles. The second-order valence-electron chi connectivity index (χ2n) is 18.4. The van der Waals surface area contributed by atoms with Crippen LogP contribution in [0, 0.1) is 0 Å². The molecule has 0 radical (unpaired) electrons. The van der Waals surface area contributed by atoms with E-state index in [1.54, 1.807) is 0 Å². The maximum atomic E-state index is 5.31. The van der Waals surface area contributed by atoms with E-state index in [9.17, 15) is 0 Å². The number of nitrogens with one attached hydrogen (secondary N) is 1. The minimum atomic E-state index is -0.431. The third-order valence-electron chi connectivity index (χ3n) is 14.9. The highest BCUT2D eigenvalue weighted by Gasteiger charge is 2.52. The lowest BCUT2D eigenvalue weighted by molar-refractivity contribution is 0.763. The summed E-state index contributed by atoms with van der Waals surface area (Å²) in [6, 6.07) is 84.5. The highest BCUT2D eigenvalue weighted by atomic mass is 32.1. The van der Waals surface area contributed by atoms with E-state index >= 15 is 0 Å². The average Bonchev–Trinajstić information content (AvgIpc) is 4.15. The molecule has 4 nitrogen and oxygen atoms in total. The second-order valence-corrected chi connectivity index (χ2v) is 19.5. The SMILES string of the molecule is c1ccc(C2=NC(c3cccc4sc5ccc(-c6ccc7c(c6)c6ccc8c(c6n7-c6ccccc6)-c6ccccc6C86c7ccccc7-c7ccccc76)cc5c34)N=C(c3ccccc3)N2)cc1. The van der Waals surface area contributed by atoms with Crippen LogP contribution in [0.1, 0.15) is 45.1 Å². The van der Waals surface area contributed by atoms with Crippen LogP contribution >= 0.6 is 11.3 Å². The Morgan fingerprint density at radius 1 is 0.420 bits per heavy atom. The van der Waals surface area contributed by atoms with Gasteiger partial charge in [-0.1, -0.05) is 188 Å². The minimum absolute atomic E-state index is 0.426. The van der Waals surface area contributed by atoms with Crippen molar-refractivity contribution in [2.75, 3.05) is 0 Å². The van der Waals surface area contributed by atoms with Crippen LogP contribution in [0.15, 0.2) is 241 Å². The first-order chi connectivity index (χ1) is 34.2. The zero-order valence-corrected chi connectivity index (χ0v) is 38.1. The second kappa shape index (κ2) is 14.7. The normalized spacial score (nSPS) is 14.4. The fourth-order valence-electron chi connectivity index (χ4n) is 12.0. The molecular weight excluding hydrogens is 857 g/mol. The van der Waals surface area contributed by atoms with Gasteiger partial charge in [-0.05, 0) is 92.5 Å². The topological polar surface area (TPSA) is 41.7 Å². The molecule has 0 bridgehead atoms. The highest BCUT2D eigenvalue weighted by molar-refractivity contribution is 7.25. The molecule has 0 fully saturated rings. The maximum absolute atomic E-state index is 5.31. The lowest BCUT2D eigenvalue weighted by Crippen LogP contribution is -2.36. The number of hydrogen-bond donors (Lipinski definition) is 1. The molecule has 12 aromatic rings.